The molecule has 0 aromatic carbocycles. The summed E-state index contributed by atoms with van der Waals surface area (Å²) in [6.07, 6.45) is 5.54. The van der Waals surface area contributed by atoms with Crippen LogP contribution in [0.15, 0.2) is 30.9 Å². The van der Waals surface area contributed by atoms with E-state index in [-0.39, 0.29) is 0 Å². The molecule has 0 saturated heterocycles. The first-order valence-electron chi connectivity index (χ1n) is 8.02. The van der Waals surface area contributed by atoms with Gasteiger partial charge in [-0.15, -0.1) is 0 Å². The molecule has 0 spiro atoms. The van der Waals surface area contributed by atoms with E-state index in [2.05, 4.69) is 15.3 Å². The first-order chi connectivity index (χ1) is 11.1. The molecule has 0 unspecified atom stereocenters. The predicted octanol–water partition coefficient (Wildman–Crippen LogP) is 3.42. The smallest absolute Gasteiger partial charge is 0.408 e. The highest BCUT2D eigenvalue weighted by molar-refractivity contribution is 5.68. The summed E-state index contributed by atoms with van der Waals surface area (Å²) in [7, 11) is 0. The van der Waals surface area contributed by atoms with Crippen molar-refractivity contribution in [1.82, 2.24) is 19.9 Å². The van der Waals surface area contributed by atoms with Gasteiger partial charge in [0, 0.05) is 30.0 Å². The van der Waals surface area contributed by atoms with Gasteiger partial charge < -0.3 is 14.6 Å². The lowest BCUT2D eigenvalue weighted by molar-refractivity contribution is 0.0472. The van der Waals surface area contributed by atoms with Crippen LogP contribution < -0.4 is 5.32 Å². The molecule has 0 radical (unpaired) electrons. The van der Waals surface area contributed by atoms with E-state index in [1.807, 2.05) is 64.4 Å². The maximum Gasteiger partial charge on any atom is 0.408 e. The molecular formula is C18H26N4O2. The molecular weight excluding hydrogens is 304 g/mol. The van der Waals surface area contributed by atoms with E-state index in [4.69, 9.17) is 4.74 Å². The van der Waals surface area contributed by atoms with Crippen LogP contribution in [0.5, 0.6) is 0 Å². The van der Waals surface area contributed by atoms with Crippen LogP contribution in [0, 0.1) is 6.92 Å². The molecule has 0 bridgehead atoms. The van der Waals surface area contributed by atoms with E-state index < -0.39 is 17.2 Å². The van der Waals surface area contributed by atoms with E-state index in [9.17, 15) is 4.79 Å². The minimum atomic E-state index is -0.519. The van der Waals surface area contributed by atoms with Crippen LogP contribution in [0.1, 0.15) is 46.0 Å². The highest BCUT2D eigenvalue weighted by atomic mass is 16.6. The lowest BCUT2D eigenvalue weighted by Gasteiger charge is -2.29. The number of imidazole rings is 1. The van der Waals surface area contributed by atoms with Gasteiger partial charge in [0.15, 0.2) is 0 Å². The highest BCUT2D eigenvalue weighted by Crippen LogP contribution is 2.19. The Labute approximate surface area is 143 Å². The van der Waals surface area contributed by atoms with Crippen molar-refractivity contribution < 1.29 is 9.53 Å². The Bertz CT molecular complexity index is 714. The molecule has 0 aliphatic rings. The SMILES string of the molecule is Cc1ncccc1-n1cncc1CC(C)(C)NC(=O)OC(C)(C)C. The number of amides is 1. The summed E-state index contributed by atoms with van der Waals surface area (Å²) in [5, 5.41) is 2.93. The van der Waals surface area contributed by atoms with Gasteiger partial charge in [0.1, 0.15) is 5.60 Å². The second kappa shape index (κ2) is 6.63. The Hall–Kier alpha value is -2.37. The largest absolute Gasteiger partial charge is 0.444 e. The molecule has 0 saturated carbocycles. The van der Waals surface area contributed by atoms with Crippen molar-refractivity contribution in [3.05, 3.63) is 42.2 Å². The van der Waals surface area contributed by atoms with Crippen molar-refractivity contribution in [2.24, 2.45) is 0 Å². The lowest BCUT2D eigenvalue weighted by atomic mass is 9.99. The van der Waals surface area contributed by atoms with Crippen LogP contribution in [-0.2, 0) is 11.2 Å². The lowest BCUT2D eigenvalue weighted by Crippen LogP contribution is -2.47. The van der Waals surface area contributed by atoms with E-state index >= 15 is 0 Å². The van der Waals surface area contributed by atoms with Crippen molar-refractivity contribution >= 4 is 6.09 Å². The summed E-state index contributed by atoms with van der Waals surface area (Å²) in [5.41, 5.74) is 1.91. The number of carbonyl (C=O) groups is 1. The standard InChI is InChI=1S/C18H26N4O2/c1-13-15(8-7-9-20-13)22-12-19-11-14(22)10-18(5,6)21-16(23)24-17(2,3)4/h7-9,11-12H,10H2,1-6H3,(H,21,23). The first kappa shape index (κ1) is 18.0. The van der Waals surface area contributed by atoms with E-state index in [1.165, 1.54) is 0 Å². The zero-order chi connectivity index (χ0) is 18.0. The van der Waals surface area contributed by atoms with Gasteiger partial charge >= 0.3 is 6.09 Å². The summed E-state index contributed by atoms with van der Waals surface area (Å²) in [6, 6.07) is 3.90. The van der Waals surface area contributed by atoms with E-state index in [1.54, 1.807) is 12.5 Å². The van der Waals surface area contributed by atoms with Crippen molar-refractivity contribution in [2.75, 3.05) is 0 Å². The third-order valence-corrected chi connectivity index (χ3v) is 3.42. The number of hydrogen-bond acceptors (Lipinski definition) is 4. The van der Waals surface area contributed by atoms with Crippen molar-refractivity contribution in [1.29, 1.82) is 0 Å². The van der Waals surface area contributed by atoms with Gasteiger partial charge in [-0.05, 0) is 53.7 Å². The molecule has 1 amide bonds. The van der Waals surface area contributed by atoms with Crippen LogP contribution in [0.4, 0.5) is 4.79 Å². The fourth-order valence-corrected chi connectivity index (χ4v) is 2.48. The van der Waals surface area contributed by atoms with Crippen molar-refractivity contribution in [2.45, 2.75) is 59.1 Å². The molecule has 2 heterocycles. The number of aryl methyl sites for hydroxylation is 1. The summed E-state index contributed by atoms with van der Waals surface area (Å²) in [5.74, 6) is 0. The zero-order valence-electron chi connectivity index (χ0n) is 15.3. The van der Waals surface area contributed by atoms with E-state index in [0.29, 0.717) is 6.42 Å². The van der Waals surface area contributed by atoms with Crippen LogP contribution in [0.2, 0.25) is 0 Å². The predicted molar refractivity (Wildman–Crippen MR) is 93.2 cm³/mol. The van der Waals surface area contributed by atoms with Gasteiger partial charge in [-0.25, -0.2) is 9.78 Å². The van der Waals surface area contributed by atoms with Gasteiger partial charge in [-0.2, -0.15) is 0 Å². The topological polar surface area (TPSA) is 69.0 Å². The van der Waals surface area contributed by atoms with Crippen molar-refractivity contribution in [3.63, 3.8) is 0 Å². The molecule has 2 aromatic rings. The second-order valence-electron chi connectivity index (χ2n) is 7.55. The summed E-state index contributed by atoms with van der Waals surface area (Å²) in [4.78, 5) is 20.6. The minimum Gasteiger partial charge on any atom is -0.444 e. The number of rotatable bonds is 4. The molecule has 0 aliphatic heterocycles. The third-order valence-electron chi connectivity index (χ3n) is 3.42. The van der Waals surface area contributed by atoms with Crippen LogP contribution >= 0.6 is 0 Å². The number of pyridine rings is 1. The second-order valence-corrected chi connectivity index (χ2v) is 7.55. The number of aromatic nitrogens is 3. The fourth-order valence-electron chi connectivity index (χ4n) is 2.48. The number of hydrogen-bond donors (Lipinski definition) is 1. The number of nitrogens with zero attached hydrogens (tertiary/aromatic N) is 3. The average Bonchev–Trinajstić information content (AvgIpc) is 2.83. The maximum atomic E-state index is 12.0. The molecule has 0 atom stereocenters. The zero-order valence-corrected chi connectivity index (χ0v) is 15.3. The molecule has 0 fully saturated rings. The molecule has 2 rings (SSSR count). The van der Waals surface area contributed by atoms with Crippen LogP contribution in [-0.4, -0.2) is 31.8 Å². The summed E-state index contributed by atoms with van der Waals surface area (Å²) < 4.78 is 7.35. The summed E-state index contributed by atoms with van der Waals surface area (Å²) >= 11 is 0. The molecule has 130 valence electrons. The molecule has 24 heavy (non-hydrogen) atoms. The average molecular weight is 330 g/mol. The number of alkyl carbamates (subject to hydrolysis) is 1. The Morgan fingerprint density at radius 3 is 2.62 bits per heavy atom. The maximum absolute atomic E-state index is 12.0. The highest BCUT2D eigenvalue weighted by Gasteiger charge is 2.26. The third kappa shape index (κ3) is 4.81. The molecule has 6 heteroatoms. The number of carbonyl (C=O) groups excluding carboxylic acids is 1. The number of nitrogens with one attached hydrogen (secondary N) is 1. The molecule has 1 N–H and O–H groups in total. The Balaban J connectivity index is 2.15. The van der Waals surface area contributed by atoms with Gasteiger partial charge in [0.05, 0.1) is 17.7 Å². The van der Waals surface area contributed by atoms with Crippen molar-refractivity contribution in [3.8, 4) is 5.69 Å². The fraction of sp³-hybridized carbons (Fsp3) is 0.500. The van der Waals surface area contributed by atoms with Gasteiger partial charge in [-0.3, -0.25) is 4.98 Å². The van der Waals surface area contributed by atoms with Gasteiger partial charge in [0.25, 0.3) is 0 Å². The monoisotopic (exact) mass is 330 g/mol. The minimum absolute atomic E-state index is 0.420. The summed E-state index contributed by atoms with van der Waals surface area (Å²) in [6.45, 7) is 11.4. The Morgan fingerprint density at radius 1 is 1.29 bits per heavy atom. The van der Waals surface area contributed by atoms with Crippen LogP contribution in [0.3, 0.4) is 0 Å². The molecule has 0 aliphatic carbocycles. The Kier molecular flexibility index (Phi) is 4.96. The van der Waals surface area contributed by atoms with Crippen LogP contribution in [0.25, 0.3) is 5.69 Å². The molecule has 2 aromatic heterocycles. The number of ether oxygens (including phenoxy) is 1. The Morgan fingerprint density at radius 2 is 2.00 bits per heavy atom. The van der Waals surface area contributed by atoms with E-state index in [0.717, 1.165) is 17.1 Å². The molecule has 6 nitrogen and oxygen atoms in total. The van der Waals surface area contributed by atoms with Gasteiger partial charge in [-0.1, -0.05) is 0 Å². The first-order valence-corrected chi connectivity index (χ1v) is 8.02. The van der Waals surface area contributed by atoms with Gasteiger partial charge in [0.2, 0.25) is 0 Å². The quantitative estimate of drug-likeness (QED) is 0.932. The normalized spacial score (nSPS) is 12.1.